The van der Waals surface area contributed by atoms with Gasteiger partial charge in [-0.05, 0) is 12.1 Å². The van der Waals surface area contributed by atoms with Crippen LogP contribution < -0.4 is 19.5 Å². The number of alkyl halides is 1. The highest BCUT2D eigenvalue weighted by Gasteiger charge is 2.28. The number of halogens is 1. The molecule has 2 N–H and O–H groups in total. The normalized spacial score (nSPS) is 11.9. The average molecular weight is 443 g/mol. The number of carbonyl (C=O) groups is 2. The molecule has 0 aliphatic heterocycles. The second-order valence-corrected chi connectivity index (χ2v) is 7.13. The van der Waals surface area contributed by atoms with Crippen molar-refractivity contribution in [3.05, 3.63) is 30.1 Å². The summed E-state index contributed by atoms with van der Waals surface area (Å²) in [6.45, 7) is -0.184. The first-order valence-electron chi connectivity index (χ1n) is 8.19. The molecular weight excluding hydrogens is 425 g/mol. The Kier molecular flexibility index (Phi) is 7.41. The standard InChI is InChI=1S/C16H18FN5O7S/c1-9(23)29-10(8-17)14-11(5-4-6-18-14)30(25,26)22-16(24)21-15-19-12(27-2)7-13(20-15)28-3/h4-7,10H,8H2,1-3H3,(H2,19,20,21,22,24). The van der Waals surface area contributed by atoms with Crippen LogP contribution in [0.4, 0.5) is 15.1 Å². The fraction of sp³-hybridized carbons (Fsp3) is 0.312. The number of hydrogen-bond acceptors (Lipinski definition) is 10. The van der Waals surface area contributed by atoms with Gasteiger partial charge >= 0.3 is 12.0 Å². The van der Waals surface area contributed by atoms with Gasteiger partial charge in [-0.2, -0.15) is 9.97 Å². The Bertz CT molecular complexity index is 1010. The number of nitrogens with one attached hydrogen (secondary N) is 2. The van der Waals surface area contributed by atoms with E-state index in [-0.39, 0.29) is 23.4 Å². The molecule has 0 aliphatic rings. The van der Waals surface area contributed by atoms with E-state index in [9.17, 15) is 22.4 Å². The van der Waals surface area contributed by atoms with Crippen molar-refractivity contribution in [3.63, 3.8) is 0 Å². The summed E-state index contributed by atoms with van der Waals surface area (Å²) >= 11 is 0. The number of carbonyl (C=O) groups excluding carboxylic acids is 2. The number of urea groups is 1. The Hall–Kier alpha value is -3.55. The van der Waals surface area contributed by atoms with Crippen LogP contribution in [0.5, 0.6) is 11.8 Å². The number of methoxy groups -OCH3 is 2. The SMILES string of the molecule is COc1cc(OC)nc(NC(=O)NS(=O)(=O)c2cccnc2C(CF)OC(C)=O)n1. The Labute approximate surface area is 170 Å². The molecule has 2 heterocycles. The molecule has 0 aromatic carbocycles. The molecule has 1 unspecified atom stereocenters. The van der Waals surface area contributed by atoms with Gasteiger partial charge in [0.25, 0.3) is 10.0 Å². The van der Waals surface area contributed by atoms with Gasteiger partial charge in [0.05, 0.1) is 20.3 Å². The lowest BCUT2D eigenvalue weighted by Crippen LogP contribution is -2.36. The molecule has 2 rings (SSSR count). The zero-order chi connectivity index (χ0) is 22.3. The van der Waals surface area contributed by atoms with Crippen LogP contribution in [-0.2, 0) is 19.6 Å². The number of hydrogen-bond donors (Lipinski definition) is 2. The second-order valence-electron chi connectivity index (χ2n) is 5.48. The molecule has 14 heteroatoms. The molecule has 12 nitrogen and oxygen atoms in total. The molecule has 162 valence electrons. The predicted molar refractivity (Wildman–Crippen MR) is 99.2 cm³/mol. The van der Waals surface area contributed by atoms with Crippen LogP contribution in [0.2, 0.25) is 0 Å². The van der Waals surface area contributed by atoms with Gasteiger partial charge in [0.15, 0.2) is 6.10 Å². The van der Waals surface area contributed by atoms with Gasteiger partial charge in [0.2, 0.25) is 17.7 Å². The van der Waals surface area contributed by atoms with E-state index in [1.807, 2.05) is 0 Å². The van der Waals surface area contributed by atoms with Gasteiger partial charge in [-0.3, -0.25) is 15.1 Å². The molecule has 0 bridgehead atoms. The van der Waals surface area contributed by atoms with E-state index in [1.165, 1.54) is 32.5 Å². The van der Waals surface area contributed by atoms with Crippen molar-refractivity contribution in [1.82, 2.24) is 19.7 Å². The maximum Gasteiger partial charge on any atom is 0.335 e. The highest BCUT2D eigenvalue weighted by atomic mass is 32.2. The van der Waals surface area contributed by atoms with Crippen LogP contribution in [0.1, 0.15) is 18.7 Å². The molecule has 0 radical (unpaired) electrons. The molecule has 0 spiro atoms. The molecular formula is C16H18FN5O7S. The number of nitrogens with zero attached hydrogens (tertiary/aromatic N) is 3. The van der Waals surface area contributed by atoms with Crippen LogP contribution in [0, 0.1) is 0 Å². The summed E-state index contributed by atoms with van der Waals surface area (Å²) in [6, 6.07) is 2.46. The van der Waals surface area contributed by atoms with Crippen LogP contribution >= 0.6 is 0 Å². The molecule has 30 heavy (non-hydrogen) atoms. The number of pyridine rings is 1. The minimum Gasteiger partial charge on any atom is -0.481 e. The van der Waals surface area contributed by atoms with Gasteiger partial charge < -0.3 is 14.2 Å². The van der Waals surface area contributed by atoms with E-state index in [2.05, 4.69) is 20.3 Å². The van der Waals surface area contributed by atoms with Crippen molar-refractivity contribution in [2.24, 2.45) is 0 Å². The first kappa shape index (κ1) is 22.7. The summed E-state index contributed by atoms with van der Waals surface area (Å²) in [4.78, 5) is 34.2. The van der Waals surface area contributed by atoms with Crippen molar-refractivity contribution >= 4 is 28.0 Å². The summed E-state index contributed by atoms with van der Waals surface area (Å²) in [5.41, 5.74) is -0.380. The van der Waals surface area contributed by atoms with Gasteiger partial charge in [0.1, 0.15) is 17.3 Å². The maximum absolute atomic E-state index is 13.3. The van der Waals surface area contributed by atoms with E-state index >= 15 is 0 Å². The largest absolute Gasteiger partial charge is 0.481 e. The minimum atomic E-state index is -4.53. The summed E-state index contributed by atoms with van der Waals surface area (Å²) < 4.78 is 54.9. The van der Waals surface area contributed by atoms with E-state index < -0.39 is 39.7 Å². The molecule has 0 saturated heterocycles. The summed E-state index contributed by atoms with van der Waals surface area (Å²) in [5, 5.41) is 2.12. The molecule has 2 amide bonds. The Morgan fingerprint density at radius 1 is 1.20 bits per heavy atom. The van der Waals surface area contributed by atoms with Gasteiger partial charge in [0, 0.05) is 13.1 Å². The third kappa shape index (κ3) is 5.73. The second kappa shape index (κ2) is 9.78. The zero-order valence-corrected chi connectivity index (χ0v) is 16.9. The number of sulfonamides is 1. The number of rotatable bonds is 8. The summed E-state index contributed by atoms with van der Waals surface area (Å²) in [5.74, 6) is -1.02. The first-order chi connectivity index (χ1) is 14.2. The van der Waals surface area contributed by atoms with Crippen LogP contribution in [0.15, 0.2) is 29.3 Å². The van der Waals surface area contributed by atoms with E-state index in [0.717, 1.165) is 13.0 Å². The molecule has 0 aliphatic carbocycles. The van der Waals surface area contributed by atoms with Crippen molar-refractivity contribution in [3.8, 4) is 11.8 Å². The smallest absolute Gasteiger partial charge is 0.335 e. The Morgan fingerprint density at radius 2 is 1.83 bits per heavy atom. The van der Waals surface area contributed by atoms with E-state index in [0.29, 0.717) is 0 Å². The maximum atomic E-state index is 13.3. The lowest BCUT2D eigenvalue weighted by Gasteiger charge is -2.16. The number of amides is 2. The monoisotopic (exact) mass is 443 g/mol. The number of ether oxygens (including phenoxy) is 3. The lowest BCUT2D eigenvalue weighted by atomic mass is 10.2. The van der Waals surface area contributed by atoms with Crippen LogP contribution in [0.3, 0.4) is 0 Å². The highest BCUT2D eigenvalue weighted by Crippen LogP contribution is 2.24. The molecule has 1 atom stereocenters. The zero-order valence-electron chi connectivity index (χ0n) is 16.1. The number of esters is 1. The molecule has 0 saturated carbocycles. The van der Waals surface area contributed by atoms with Crippen molar-refractivity contribution in [1.29, 1.82) is 0 Å². The number of aromatic nitrogens is 3. The van der Waals surface area contributed by atoms with Crippen molar-refractivity contribution in [2.45, 2.75) is 17.9 Å². The average Bonchev–Trinajstić information content (AvgIpc) is 2.70. The third-order valence-electron chi connectivity index (χ3n) is 3.39. The molecule has 2 aromatic heterocycles. The van der Waals surface area contributed by atoms with Crippen LogP contribution in [-0.4, -0.2) is 56.3 Å². The van der Waals surface area contributed by atoms with Crippen LogP contribution in [0.25, 0.3) is 0 Å². The van der Waals surface area contributed by atoms with Gasteiger partial charge in [-0.15, -0.1) is 0 Å². The Balaban J connectivity index is 2.27. The fourth-order valence-corrected chi connectivity index (χ4v) is 3.33. The van der Waals surface area contributed by atoms with Gasteiger partial charge in [-0.25, -0.2) is 22.3 Å². The number of anilines is 1. The van der Waals surface area contributed by atoms with E-state index in [1.54, 1.807) is 4.72 Å². The highest BCUT2D eigenvalue weighted by molar-refractivity contribution is 7.90. The Morgan fingerprint density at radius 3 is 2.37 bits per heavy atom. The van der Waals surface area contributed by atoms with Gasteiger partial charge in [-0.1, -0.05) is 0 Å². The predicted octanol–water partition coefficient (Wildman–Crippen LogP) is 0.973. The fourth-order valence-electron chi connectivity index (χ4n) is 2.21. The summed E-state index contributed by atoms with van der Waals surface area (Å²) in [6.07, 6.45) is -0.374. The third-order valence-corrected chi connectivity index (χ3v) is 4.77. The molecule has 0 fully saturated rings. The summed E-state index contributed by atoms with van der Waals surface area (Å²) in [7, 11) is -1.89. The molecule has 2 aromatic rings. The minimum absolute atomic E-state index is 0.0571. The van der Waals surface area contributed by atoms with Crippen molar-refractivity contribution in [2.75, 3.05) is 26.2 Å². The first-order valence-corrected chi connectivity index (χ1v) is 9.67. The quantitative estimate of drug-likeness (QED) is 0.563. The lowest BCUT2D eigenvalue weighted by molar-refractivity contribution is -0.147. The van der Waals surface area contributed by atoms with Crippen molar-refractivity contribution < 1.29 is 36.6 Å². The topological polar surface area (TPSA) is 159 Å². The van der Waals surface area contributed by atoms with E-state index in [4.69, 9.17) is 14.2 Å².